The first-order chi connectivity index (χ1) is 12.2. The molecular weight excluding hydrogens is 350 g/mol. The van der Waals surface area contributed by atoms with Crippen LogP contribution < -0.4 is 10.2 Å². The molecule has 0 saturated carbocycles. The second-order valence-electron chi connectivity index (χ2n) is 6.40. The number of carbonyl (C=O) groups excluding carboxylic acids is 1. The van der Waals surface area contributed by atoms with Gasteiger partial charge in [0.25, 0.3) is 0 Å². The van der Waals surface area contributed by atoms with Gasteiger partial charge in [-0.3, -0.25) is 4.79 Å². The van der Waals surface area contributed by atoms with Gasteiger partial charge in [0.15, 0.2) is 0 Å². The second kappa shape index (κ2) is 9.25. The second-order valence-corrected chi connectivity index (χ2v) is 8.57. The Morgan fingerprint density at radius 3 is 3.00 bits per heavy atom. The summed E-state index contributed by atoms with van der Waals surface area (Å²) in [6.07, 6.45) is 1.73. The monoisotopic (exact) mass is 375 g/mol. The molecule has 3 rings (SSSR count). The van der Waals surface area contributed by atoms with Crippen molar-refractivity contribution in [1.29, 1.82) is 0 Å². The summed E-state index contributed by atoms with van der Waals surface area (Å²) in [5.74, 6) is 2.46. The van der Waals surface area contributed by atoms with Gasteiger partial charge in [-0.2, -0.15) is 11.8 Å². The van der Waals surface area contributed by atoms with Crippen molar-refractivity contribution in [1.82, 2.24) is 10.3 Å². The molecule has 0 spiro atoms. The number of para-hydroxylation sites is 1. The molecule has 0 radical (unpaired) electrons. The molecule has 1 N–H and O–H groups in total. The van der Waals surface area contributed by atoms with Gasteiger partial charge in [-0.1, -0.05) is 18.2 Å². The van der Waals surface area contributed by atoms with Crippen LogP contribution >= 0.6 is 23.1 Å². The van der Waals surface area contributed by atoms with Gasteiger partial charge in [-0.05, 0) is 31.4 Å². The quantitative estimate of drug-likeness (QED) is 0.714. The number of hydrogen-bond acceptors (Lipinski definition) is 5. The highest BCUT2D eigenvalue weighted by Crippen LogP contribution is 2.23. The summed E-state index contributed by atoms with van der Waals surface area (Å²) in [6.45, 7) is 4.92. The Morgan fingerprint density at radius 1 is 1.40 bits per heavy atom. The van der Waals surface area contributed by atoms with Crippen molar-refractivity contribution >= 4 is 34.7 Å². The van der Waals surface area contributed by atoms with Gasteiger partial charge >= 0.3 is 0 Å². The van der Waals surface area contributed by atoms with E-state index in [4.69, 9.17) is 0 Å². The average molecular weight is 376 g/mol. The molecule has 1 unspecified atom stereocenters. The molecule has 2 aromatic rings. The molecule has 1 aromatic heterocycles. The van der Waals surface area contributed by atoms with Crippen LogP contribution in [0.2, 0.25) is 0 Å². The largest absolute Gasteiger partial charge is 0.371 e. The topological polar surface area (TPSA) is 45.2 Å². The summed E-state index contributed by atoms with van der Waals surface area (Å²) in [6, 6.07) is 10.5. The number of nitrogens with one attached hydrogen (secondary N) is 1. The van der Waals surface area contributed by atoms with Crippen molar-refractivity contribution < 1.29 is 4.79 Å². The van der Waals surface area contributed by atoms with E-state index in [-0.39, 0.29) is 5.91 Å². The summed E-state index contributed by atoms with van der Waals surface area (Å²) < 4.78 is 0. The number of aromatic nitrogens is 1. The van der Waals surface area contributed by atoms with Crippen LogP contribution in [0.1, 0.15) is 23.5 Å². The van der Waals surface area contributed by atoms with Crippen LogP contribution in [-0.2, 0) is 10.5 Å². The third-order valence-electron chi connectivity index (χ3n) is 4.39. The molecule has 6 heteroatoms. The van der Waals surface area contributed by atoms with Gasteiger partial charge in [0, 0.05) is 48.6 Å². The lowest BCUT2D eigenvalue weighted by molar-refractivity contribution is -0.120. The maximum atomic E-state index is 12.0. The van der Waals surface area contributed by atoms with E-state index in [1.165, 1.54) is 5.69 Å². The molecule has 4 nitrogen and oxygen atoms in total. The Bertz CT molecular complexity index is 674. The number of anilines is 1. The minimum Gasteiger partial charge on any atom is -0.371 e. The van der Waals surface area contributed by atoms with E-state index < -0.39 is 0 Å². The highest BCUT2D eigenvalue weighted by Gasteiger charge is 2.22. The Morgan fingerprint density at radius 2 is 2.24 bits per heavy atom. The van der Waals surface area contributed by atoms with Crippen molar-refractivity contribution in [2.75, 3.05) is 30.3 Å². The van der Waals surface area contributed by atoms with E-state index in [1.54, 1.807) is 23.1 Å². The lowest BCUT2D eigenvalue weighted by Crippen LogP contribution is -2.31. The number of thioether (sulfide) groups is 1. The van der Waals surface area contributed by atoms with E-state index in [0.29, 0.717) is 12.3 Å². The molecule has 1 aliphatic heterocycles. The van der Waals surface area contributed by atoms with Crippen LogP contribution in [0.5, 0.6) is 0 Å². The molecule has 0 bridgehead atoms. The van der Waals surface area contributed by atoms with Crippen LogP contribution in [0.25, 0.3) is 0 Å². The van der Waals surface area contributed by atoms with Crippen LogP contribution in [-0.4, -0.2) is 36.3 Å². The van der Waals surface area contributed by atoms with Gasteiger partial charge in [0.05, 0.1) is 10.7 Å². The van der Waals surface area contributed by atoms with Gasteiger partial charge in [-0.15, -0.1) is 11.3 Å². The maximum Gasteiger partial charge on any atom is 0.220 e. The maximum absolute atomic E-state index is 12.0. The summed E-state index contributed by atoms with van der Waals surface area (Å²) in [5.41, 5.74) is 2.41. The zero-order chi connectivity index (χ0) is 17.5. The number of hydrogen-bond donors (Lipinski definition) is 1. The molecule has 1 fully saturated rings. The Balaban J connectivity index is 1.29. The molecule has 134 valence electrons. The lowest BCUT2D eigenvalue weighted by atomic mass is 10.1. The first kappa shape index (κ1) is 18.3. The van der Waals surface area contributed by atoms with E-state index in [9.17, 15) is 4.79 Å². The smallest absolute Gasteiger partial charge is 0.220 e. The van der Waals surface area contributed by atoms with Gasteiger partial charge in [-0.25, -0.2) is 4.98 Å². The van der Waals surface area contributed by atoms with Gasteiger partial charge in [0.2, 0.25) is 5.91 Å². The number of benzene rings is 1. The molecule has 1 atom stereocenters. The van der Waals surface area contributed by atoms with Crippen molar-refractivity contribution in [2.45, 2.75) is 25.5 Å². The molecule has 1 aromatic carbocycles. The molecule has 1 saturated heterocycles. The van der Waals surface area contributed by atoms with Gasteiger partial charge < -0.3 is 10.2 Å². The molecule has 0 aliphatic carbocycles. The average Bonchev–Trinajstić information content (AvgIpc) is 3.27. The highest BCUT2D eigenvalue weighted by atomic mass is 32.2. The Hall–Kier alpha value is -1.53. The molecule has 25 heavy (non-hydrogen) atoms. The van der Waals surface area contributed by atoms with E-state index in [2.05, 4.69) is 44.8 Å². The minimum absolute atomic E-state index is 0.167. The Kier molecular flexibility index (Phi) is 6.76. The van der Waals surface area contributed by atoms with E-state index in [1.807, 2.05) is 13.0 Å². The summed E-state index contributed by atoms with van der Waals surface area (Å²) in [7, 11) is 0. The molecule has 2 heterocycles. The van der Waals surface area contributed by atoms with Crippen molar-refractivity contribution in [3.05, 3.63) is 46.4 Å². The fraction of sp³-hybridized carbons (Fsp3) is 0.474. The third kappa shape index (κ3) is 5.75. The minimum atomic E-state index is 0.167. The van der Waals surface area contributed by atoms with Crippen molar-refractivity contribution in [3.8, 4) is 0 Å². The lowest BCUT2D eigenvalue weighted by Gasteiger charge is -2.18. The van der Waals surface area contributed by atoms with Crippen LogP contribution in [0.3, 0.4) is 0 Å². The fourth-order valence-corrected chi connectivity index (χ4v) is 4.58. The van der Waals surface area contributed by atoms with Crippen molar-refractivity contribution in [2.24, 2.45) is 5.92 Å². The first-order valence-electron chi connectivity index (χ1n) is 8.76. The van der Waals surface area contributed by atoms with Crippen LogP contribution in [0.15, 0.2) is 35.7 Å². The normalized spacial score (nSPS) is 17.0. The summed E-state index contributed by atoms with van der Waals surface area (Å²) >= 11 is 3.46. The molecule has 1 aliphatic rings. The predicted octanol–water partition coefficient (Wildman–Crippen LogP) is 3.72. The summed E-state index contributed by atoms with van der Waals surface area (Å²) in [4.78, 5) is 18.9. The number of nitrogens with zero attached hydrogens (tertiary/aromatic N) is 2. The van der Waals surface area contributed by atoms with Crippen molar-refractivity contribution in [3.63, 3.8) is 0 Å². The number of aryl methyl sites for hydroxylation is 1. The standard InChI is InChI=1S/C19H25N3OS2/c1-15-21-17(14-25-15)13-24-10-8-19(23)20-11-16-7-9-22(12-16)18-5-3-2-4-6-18/h2-6,14,16H,7-13H2,1H3,(H,20,23). The number of thiazole rings is 1. The summed E-state index contributed by atoms with van der Waals surface area (Å²) in [5, 5.41) is 6.31. The number of rotatable bonds is 8. The number of carbonyl (C=O) groups is 1. The molecule has 1 amide bonds. The zero-order valence-corrected chi connectivity index (χ0v) is 16.2. The molecular formula is C19H25N3OS2. The van der Waals surface area contributed by atoms with E-state index in [0.717, 1.165) is 48.3 Å². The van der Waals surface area contributed by atoms with Crippen LogP contribution in [0, 0.1) is 12.8 Å². The van der Waals surface area contributed by atoms with Gasteiger partial charge in [0.1, 0.15) is 0 Å². The van der Waals surface area contributed by atoms with Crippen LogP contribution in [0.4, 0.5) is 5.69 Å². The van der Waals surface area contributed by atoms with E-state index >= 15 is 0 Å². The third-order valence-corrected chi connectivity index (χ3v) is 6.20. The zero-order valence-electron chi connectivity index (χ0n) is 14.6. The first-order valence-corrected chi connectivity index (χ1v) is 10.8. The number of amides is 1. The highest BCUT2D eigenvalue weighted by molar-refractivity contribution is 7.98. The Labute approximate surface area is 158 Å². The fourth-order valence-electron chi connectivity index (χ4n) is 3.04. The predicted molar refractivity (Wildman–Crippen MR) is 107 cm³/mol. The SMILES string of the molecule is Cc1nc(CSCCC(=O)NCC2CCN(c3ccccc3)C2)cs1.